The lowest BCUT2D eigenvalue weighted by Crippen LogP contribution is -1.79. The van der Waals surface area contributed by atoms with Gasteiger partial charge in [-0.3, -0.25) is 0 Å². The number of allylic oxidation sites excluding steroid dienone is 2. The van der Waals surface area contributed by atoms with Gasteiger partial charge >= 0.3 is 0 Å². The van der Waals surface area contributed by atoms with Crippen LogP contribution in [0.25, 0.3) is 0 Å². The van der Waals surface area contributed by atoms with Gasteiger partial charge in [0.25, 0.3) is 0 Å². The monoisotopic (exact) mass is 223 g/mol. The smallest absolute Gasteiger partial charge is 0.0351 e. The molecule has 1 radical (unpaired) electrons. The quantitative estimate of drug-likeness (QED) is 0.278. The van der Waals surface area contributed by atoms with Crippen LogP contribution in [0.2, 0.25) is 0 Å². The minimum absolute atomic E-state index is 1.09. The standard InChI is InChI=1S/C16H31/c1-3-5-7-9-11-13-15-16-14-12-10-8-6-4-2/h11,13H,1,3-10,12,14-16H2,2H3. The van der Waals surface area contributed by atoms with Crippen molar-refractivity contribution in [2.75, 3.05) is 0 Å². The average molecular weight is 223 g/mol. The largest absolute Gasteiger partial charge is 0.0885 e. The number of hydrogen-bond acceptors (Lipinski definition) is 0. The molecule has 0 bridgehead atoms. The van der Waals surface area contributed by atoms with Gasteiger partial charge in [0.15, 0.2) is 0 Å². The van der Waals surface area contributed by atoms with Gasteiger partial charge in [0.2, 0.25) is 0 Å². The van der Waals surface area contributed by atoms with Crippen LogP contribution in [0.4, 0.5) is 0 Å². The Bertz CT molecular complexity index is 135. The third kappa shape index (κ3) is 13.7. The van der Waals surface area contributed by atoms with Crippen molar-refractivity contribution in [1.82, 2.24) is 0 Å². The van der Waals surface area contributed by atoms with Gasteiger partial charge in [-0.1, -0.05) is 77.4 Å². The van der Waals surface area contributed by atoms with Gasteiger partial charge < -0.3 is 0 Å². The Morgan fingerprint density at radius 1 is 0.688 bits per heavy atom. The Morgan fingerprint density at radius 2 is 1.19 bits per heavy atom. The highest BCUT2D eigenvalue weighted by molar-refractivity contribution is 4.81. The van der Waals surface area contributed by atoms with E-state index in [1.54, 1.807) is 0 Å². The normalized spacial score (nSPS) is 11.4. The molecule has 0 unspecified atom stereocenters. The molecule has 0 fully saturated rings. The van der Waals surface area contributed by atoms with E-state index in [1.807, 2.05) is 0 Å². The molecule has 0 aliphatic heterocycles. The van der Waals surface area contributed by atoms with Crippen LogP contribution in [0.15, 0.2) is 12.2 Å². The molecule has 0 heterocycles. The molecule has 0 aliphatic rings. The molecule has 0 aromatic carbocycles. The van der Waals surface area contributed by atoms with Crippen LogP contribution >= 0.6 is 0 Å². The van der Waals surface area contributed by atoms with Gasteiger partial charge in [0, 0.05) is 0 Å². The first kappa shape index (κ1) is 15.7. The van der Waals surface area contributed by atoms with E-state index in [0.717, 1.165) is 6.42 Å². The van der Waals surface area contributed by atoms with Crippen molar-refractivity contribution in [3.8, 4) is 0 Å². The predicted molar refractivity (Wildman–Crippen MR) is 75.6 cm³/mol. The molecule has 0 aliphatic carbocycles. The fraction of sp³-hybridized carbons (Fsp3) is 0.812. The maximum Gasteiger partial charge on any atom is -0.0351 e. The molecule has 0 aromatic rings. The fourth-order valence-corrected chi connectivity index (χ4v) is 1.89. The molecule has 0 nitrogen and oxygen atoms in total. The van der Waals surface area contributed by atoms with E-state index in [0.29, 0.717) is 0 Å². The Morgan fingerprint density at radius 3 is 1.75 bits per heavy atom. The predicted octanol–water partition coefficient (Wildman–Crippen LogP) is 6.08. The zero-order valence-electron chi connectivity index (χ0n) is 11.3. The van der Waals surface area contributed by atoms with Crippen LogP contribution in [0.3, 0.4) is 0 Å². The lowest BCUT2D eigenvalue weighted by Gasteiger charge is -1.98. The van der Waals surface area contributed by atoms with E-state index >= 15 is 0 Å². The summed E-state index contributed by atoms with van der Waals surface area (Å²) in [7, 11) is 0. The molecule has 0 aromatic heterocycles. The molecule has 0 amide bonds. The van der Waals surface area contributed by atoms with Crippen molar-refractivity contribution < 1.29 is 0 Å². The first-order valence-corrected chi connectivity index (χ1v) is 7.36. The second-order valence-corrected chi connectivity index (χ2v) is 4.73. The van der Waals surface area contributed by atoms with E-state index in [2.05, 4.69) is 26.0 Å². The molecule has 0 saturated heterocycles. The van der Waals surface area contributed by atoms with Crippen LogP contribution in [0, 0.1) is 6.92 Å². The first-order valence-electron chi connectivity index (χ1n) is 7.36. The summed E-state index contributed by atoms with van der Waals surface area (Å²) in [5.41, 5.74) is 0. The van der Waals surface area contributed by atoms with Crippen LogP contribution in [0.5, 0.6) is 0 Å². The molecule has 0 saturated carbocycles. The van der Waals surface area contributed by atoms with Gasteiger partial charge in [-0.2, -0.15) is 0 Å². The highest BCUT2D eigenvalue weighted by atomic mass is 14.0. The van der Waals surface area contributed by atoms with Gasteiger partial charge in [0.05, 0.1) is 0 Å². The summed E-state index contributed by atoms with van der Waals surface area (Å²) >= 11 is 0. The summed E-state index contributed by atoms with van der Waals surface area (Å²) in [6.45, 7) is 6.13. The third-order valence-electron chi connectivity index (χ3n) is 3.01. The summed E-state index contributed by atoms with van der Waals surface area (Å²) in [5.74, 6) is 0. The number of hydrogen-bond donors (Lipinski definition) is 0. The first-order chi connectivity index (χ1) is 7.91. The molecular formula is C16H31. The summed E-state index contributed by atoms with van der Waals surface area (Å²) in [6.07, 6.45) is 20.9. The summed E-state index contributed by atoms with van der Waals surface area (Å²) in [6, 6.07) is 0. The van der Waals surface area contributed by atoms with E-state index in [1.165, 1.54) is 70.6 Å². The second kappa shape index (κ2) is 14.7. The summed E-state index contributed by atoms with van der Waals surface area (Å²) in [4.78, 5) is 0. The third-order valence-corrected chi connectivity index (χ3v) is 3.01. The van der Waals surface area contributed by atoms with Crippen molar-refractivity contribution in [2.24, 2.45) is 0 Å². The van der Waals surface area contributed by atoms with Gasteiger partial charge in [0.1, 0.15) is 0 Å². The van der Waals surface area contributed by atoms with E-state index in [-0.39, 0.29) is 0 Å². The average Bonchev–Trinajstić information content (AvgIpc) is 2.31. The van der Waals surface area contributed by atoms with Crippen molar-refractivity contribution >= 4 is 0 Å². The molecule has 0 spiro atoms. The van der Waals surface area contributed by atoms with Crippen LogP contribution in [-0.2, 0) is 0 Å². The Hall–Kier alpha value is -0.260. The van der Waals surface area contributed by atoms with E-state index < -0.39 is 0 Å². The van der Waals surface area contributed by atoms with E-state index in [9.17, 15) is 0 Å². The summed E-state index contributed by atoms with van der Waals surface area (Å²) < 4.78 is 0. The summed E-state index contributed by atoms with van der Waals surface area (Å²) in [5, 5.41) is 0. The van der Waals surface area contributed by atoms with E-state index in [4.69, 9.17) is 0 Å². The molecule has 95 valence electrons. The van der Waals surface area contributed by atoms with Gasteiger partial charge in [-0.05, 0) is 25.7 Å². The number of rotatable bonds is 12. The highest BCUT2D eigenvalue weighted by Crippen LogP contribution is 2.09. The Kier molecular flexibility index (Phi) is 14.5. The number of unbranched alkanes of at least 4 members (excludes halogenated alkanes) is 10. The zero-order chi connectivity index (χ0) is 11.9. The maximum atomic E-state index is 3.85. The van der Waals surface area contributed by atoms with Crippen molar-refractivity contribution in [3.63, 3.8) is 0 Å². The van der Waals surface area contributed by atoms with Crippen LogP contribution in [0.1, 0.15) is 84.0 Å². The topological polar surface area (TPSA) is 0 Å². The van der Waals surface area contributed by atoms with Crippen LogP contribution in [-0.4, -0.2) is 0 Å². The van der Waals surface area contributed by atoms with Crippen LogP contribution < -0.4 is 0 Å². The highest BCUT2D eigenvalue weighted by Gasteiger charge is 1.89. The fourth-order valence-electron chi connectivity index (χ4n) is 1.89. The molecule has 0 rings (SSSR count). The van der Waals surface area contributed by atoms with Crippen molar-refractivity contribution in [1.29, 1.82) is 0 Å². The molecular weight excluding hydrogens is 192 g/mol. The van der Waals surface area contributed by atoms with Crippen molar-refractivity contribution in [3.05, 3.63) is 19.1 Å². The zero-order valence-corrected chi connectivity index (χ0v) is 11.3. The minimum atomic E-state index is 1.09. The Labute approximate surface area is 104 Å². The maximum absolute atomic E-state index is 3.85. The second-order valence-electron chi connectivity index (χ2n) is 4.73. The molecule has 0 heteroatoms. The lowest BCUT2D eigenvalue weighted by atomic mass is 10.1. The minimum Gasteiger partial charge on any atom is -0.0885 e. The van der Waals surface area contributed by atoms with Crippen molar-refractivity contribution in [2.45, 2.75) is 84.0 Å². The molecule has 0 N–H and O–H groups in total. The Balaban J connectivity index is 2.97. The van der Waals surface area contributed by atoms with Gasteiger partial charge in [-0.25, -0.2) is 0 Å². The van der Waals surface area contributed by atoms with Gasteiger partial charge in [-0.15, -0.1) is 0 Å². The molecule has 0 atom stereocenters. The lowest BCUT2D eigenvalue weighted by molar-refractivity contribution is 0.592. The molecule has 16 heavy (non-hydrogen) atoms. The SMILES string of the molecule is [CH2]CCCCC=CCCCCCCCCC.